The van der Waals surface area contributed by atoms with E-state index in [1.807, 2.05) is 18.3 Å². The van der Waals surface area contributed by atoms with Gasteiger partial charge in [-0.25, -0.2) is 13.9 Å². The Balaban J connectivity index is 1.12. The number of aromatic amines is 1. The average Bonchev–Trinajstić information content (AvgIpc) is 3.72. The second-order valence-corrected chi connectivity index (χ2v) is 11.9. The Morgan fingerprint density at radius 2 is 2.08 bits per heavy atom. The molecule has 3 aliphatic rings. The number of phosphoric ester groups is 1. The van der Waals surface area contributed by atoms with Gasteiger partial charge in [0.05, 0.1) is 49.6 Å². The van der Waals surface area contributed by atoms with Crippen LogP contribution < -0.4 is 20.4 Å². The molecular weight excluding hydrogens is 542 g/mol. The number of anilines is 1. The fourth-order valence-corrected chi connectivity index (χ4v) is 7.57. The fourth-order valence-electron chi connectivity index (χ4n) is 7.26. The molecule has 0 radical (unpaired) electrons. The van der Waals surface area contributed by atoms with E-state index in [9.17, 15) is 19.1 Å². The predicted octanol–water partition coefficient (Wildman–Crippen LogP) is 2.88. The number of amides is 1. The van der Waals surface area contributed by atoms with Crippen LogP contribution >= 0.6 is 7.82 Å². The first-order chi connectivity index (χ1) is 19.3. The van der Waals surface area contributed by atoms with Gasteiger partial charge in [-0.2, -0.15) is 10.2 Å². The van der Waals surface area contributed by atoms with E-state index < -0.39 is 20.5 Å². The number of carbonyl (C=O) groups is 1. The minimum atomic E-state index is -5.09. The molecule has 7 rings (SSSR count). The zero-order chi connectivity index (χ0) is 27.6. The standard InChI is InChI=1S/C26H28FN6O6P/c27-18-9-19-17(11-29-32-19)23-21-13-1-2-14(7-13)22(21)24(31-25(18)23)15-3-4-20-16(8-15)10-30-33(20)12-38-26(34)28-5-6-39-40(35,36)37/h3-4,8-11,13-14,21-22,24,31H,1-2,5-7,12H2,(H,28,34)(H,29,32)(H2,35,36,37)/p-2/t13?,14?,21-,22+,24-/m0/s1. The number of hydrogen-bond donors (Lipinski definition) is 3. The van der Waals surface area contributed by atoms with E-state index in [4.69, 9.17) is 4.74 Å². The Morgan fingerprint density at radius 3 is 2.92 bits per heavy atom. The highest BCUT2D eigenvalue weighted by molar-refractivity contribution is 7.43. The van der Waals surface area contributed by atoms with Crippen LogP contribution in [-0.4, -0.2) is 39.2 Å². The molecule has 3 heterocycles. The number of halogens is 1. The summed E-state index contributed by atoms with van der Waals surface area (Å²) < 4.78 is 36.6. The number of H-pyrrole nitrogens is 1. The molecule has 2 aliphatic carbocycles. The number of fused-ring (bicyclic) bond motifs is 10. The van der Waals surface area contributed by atoms with E-state index in [1.165, 1.54) is 23.6 Å². The largest absolute Gasteiger partial charge is 0.790 e. The second-order valence-electron chi connectivity index (χ2n) is 10.8. The van der Waals surface area contributed by atoms with Gasteiger partial charge in [0.15, 0.2) is 6.73 Å². The Morgan fingerprint density at radius 1 is 1.23 bits per heavy atom. The van der Waals surface area contributed by atoms with Gasteiger partial charge in [0, 0.05) is 23.4 Å². The lowest BCUT2D eigenvalue weighted by Gasteiger charge is -2.43. The Kier molecular flexibility index (Phi) is 6.08. The molecular formula is C26H26FN6O6P-2. The van der Waals surface area contributed by atoms with Crippen molar-refractivity contribution in [1.29, 1.82) is 0 Å². The topological polar surface area (TPSA) is 169 Å². The third kappa shape index (κ3) is 4.33. The SMILES string of the molecule is O=C(NCCOP(=O)([O-])[O-])OCn1ncc2cc([C@@H]3Nc4c(F)cc5[nH]ncc5c4[C@H]4C5CCC(C5)[C@@H]34)ccc21. The van der Waals surface area contributed by atoms with E-state index >= 15 is 4.39 Å². The lowest BCUT2D eigenvalue weighted by atomic mass is 9.67. The summed E-state index contributed by atoms with van der Waals surface area (Å²) in [6.07, 6.45) is 6.20. The van der Waals surface area contributed by atoms with E-state index in [2.05, 4.69) is 36.5 Å². The van der Waals surface area contributed by atoms with Gasteiger partial charge in [0.2, 0.25) is 0 Å². The Bertz CT molecular complexity index is 1670. The highest BCUT2D eigenvalue weighted by Crippen LogP contribution is 2.64. The van der Waals surface area contributed by atoms with Gasteiger partial charge in [-0.1, -0.05) is 6.07 Å². The van der Waals surface area contributed by atoms with E-state index in [0.29, 0.717) is 23.4 Å². The maximum atomic E-state index is 15.4. The van der Waals surface area contributed by atoms with Crippen LogP contribution in [0.4, 0.5) is 14.9 Å². The van der Waals surface area contributed by atoms with E-state index in [-0.39, 0.29) is 31.1 Å². The van der Waals surface area contributed by atoms with Crippen molar-refractivity contribution in [3.63, 3.8) is 0 Å². The molecule has 4 aromatic rings. The first kappa shape index (κ1) is 25.5. The smallest absolute Gasteiger partial charge is 0.409 e. The minimum absolute atomic E-state index is 0.0535. The van der Waals surface area contributed by atoms with Crippen LogP contribution in [0.2, 0.25) is 0 Å². The molecule has 2 unspecified atom stereocenters. The highest BCUT2D eigenvalue weighted by atomic mass is 31.2. The predicted molar refractivity (Wildman–Crippen MR) is 137 cm³/mol. The van der Waals surface area contributed by atoms with Gasteiger partial charge in [0.25, 0.3) is 0 Å². The van der Waals surface area contributed by atoms with Crippen molar-refractivity contribution in [3.05, 3.63) is 53.6 Å². The number of carbonyl (C=O) groups excluding carboxylic acids is 1. The van der Waals surface area contributed by atoms with Crippen LogP contribution in [0.5, 0.6) is 0 Å². The molecule has 2 bridgehead atoms. The third-order valence-corrected chi connectivity index (χ3v) is 9.20. The molecule has 3 N–H and O–H groups in total. The lowest BCUT2D eigenvalue weighted by Crippen LogP contribution is -2.36. The average molecular weight is 569 g/mol. The highest BCUT2D eigenvalue weighted by Gasteiger charge is 2.54. The summed E-state index contributed by atoms with van der Waals surface area (Å²) in [6, 6.07) is 7.45. The van der Waals surface area contributed by atoms with Crippen molar-refractivity contribution in [2.75, 3.05) is 18.5 Å². The summed E-state index contributed by atoms with van der Waals surface area (Å²) in [5.74, 6) is 1.43. The van der Waals surface area contributed by atoms with Gasteiger partial charge in [-0.05, 0) is 66.2 Å². The lowest BCUT2D eigenvalue weighted by molar-refractivity contribution is -0.341. The van der Waals surface area contributed by atoms with Crippen molar-refractivity contribution in [1.82, 2.24) is 25.3 Å². The van der Waals surface area contributed by atoms with Crippen molar-refractivity contribution >= 4 is 41.4 Å². The van der Waals surface area contributed by atoms with Gasteiger partial charge in [-0.15, -0.1) is 0 Å². The molecule has 2 saturated carbocycles. The molecule has 1 aliphatic heterocycles. The van der Waals surface area contributed by atoms with Gasteiger partial charge >= 0.3 is 6.09 Å². The number of benzene rings is 2. The number of hydrogen-bond acceptors (Lipinski definition) is 9. The molecule has 2 aromatic heterocycles. The summed E-state index contributed by atoms with van der Waals surface area (Å²) in [4.78, 5) is 32.9. The molecule has 5 atom stereocenters. The molecule has 2 aromatic carbocycles. The van der Waals surface area contributed by atoms with Crippen molar-refractivity contribution in [3.8, 4) is 0 Å². The van der Waals surface area contributed by atoms with Crippen LogP contribution in [0, 0.1) is 23.6 Å². The van der Waals surface area contributed by atoms with E-state index in [1.54, 1.807) is 6.20 Å². The van der Waals surface area contributed by atoms with Crippen LogP contribution in [0.15, 0.2) is 36.7 Å². The summed E-state index contributed by atoms with van der Waals surface area (Å²) in [5.41, 5.74) is 4.17. The second kappa shape index (κ2) is 9.55. The molecule has 40 heavy (non-hydrogen) atoms. The first-order valence-electron chi connectivity index (χ1n) is 13.2. The molecule has 1 amide bonds. The molecule has 0 saturated heterocycles. The molecule has 12 nitrogen and oxygen atoms in total. The van der Waals surface area contributed by atoms with Crippen LogP contribution in [0.3, 0.4) is 0 Å². The summed E-state index contributed by atoms with van der Waals surface area (Å²) in [5, 5.41) is 19.2. The van der Waals surface area contributed by atoms with Gasteiger partial charge in [-0.3, -0.25) is 5.10 Å². The minimum Gasteiger partial charge on any atom is -0.790 e. The van der Waals surface area contributed by atoms with Crippen molar-refractivity contribution in [2.24, 2.45) is 17.8 Å². The number of alkyl carbamates (subject to hydrolysis) is 1. The number of phosphoric acid groups is 1. The number of rotatable bonds is 7. The molecule has 2 fully saturated rings. The monoisotopic (exact) mass is 568 g/mol. The summed E-state index contributed by atoms with van der Waals surface area (Å²) >= 11 is 0. The first-order valence-corrected chi connectivity index (χ1v) is 14.7. The zero-order valence-electron chi connectivity index (χ0n) is 21.2. The fraction of sp³-hybridized carbons (Fsp3) is 0.423. The van der Waals surface area contributed by atoms with Crippen LogP contribution in [0.25, 0.3) is 21.8 Å². The molecule has 14 heteroatoms. The normalized spacial score (nSPS) is 25.1. The molecule has 0 spiro atoms. The van der Waals surface area contributed by atoms with Crippen molar-refractivity contribution in [2.45, 2.75) is 38.0 Å². The van der Waals surface area contributed by atoms with Crippen molar-refractivity contribution < 1.29 is 32.8 Å². The zero-order valence-corrected chi connectivity index (χ0v) is 22.1. The molecule has 210 valence electrons. The Hall–Kier alpha value is -3.51. The number of nitrogens with one attached hydrogen (secondary N) is 3. The van der Waals surface area contributed by atoms with Crippen LogP contribution in [0.1, 0.15) is 42.3 Å². The maximum absolute atomic E-state index is 15.4. The number of aromatic nitrogens is 4. The number of nitrogens with zero attached hydrogens (tertiary/aromatic N) is 3. The summed E-state index contributed by atoms with van der Waals surface area (Å²) in [7, 11) is -5.09. The maximum Gasteiger partial charge on any atom is 0.409 e. The Labute approximate surface area is 227 Å². The third-order valence-electron chi connectivity index (χ3n) is 8.70. The van der Waals surface area contributed by atoms with Crippen LogP contribution in [-0.2, 0) is 20.6 Å². The van der Waals surface area contributed by atoms with E-state index in [0.717, 1.165) is 39.4 Å². The number of ether oxygens (including phenoxy) is 1. The summed E-state index contributed by atoms with van der Waals surface area (Å²) in [6.45, 7) is -0.857. The van der Waals surface area contributed by atoms with Gasteiger partial charge < -0.3 is 34.2 Å². The quantitative estimate of drug-likeness (QED) is 0.224. The van der Waals surface area contributed by atoms with Gasteiger partial charge in [0.1, 0.15) is 5.82 Å².